The van der Waals surface area contributed by atoms with E-state index in [2.05, 4.69) is 0 Å². The number of carboxylic acid groups (broad SMARTS) is 1. The minimum absolute atomic E-state index is 0.140. The average molecular weight is 448 g/mol. The average Bonchev–Trinajstić information content (AvgIpc) is 2.99. The summed E-state index contributed by atoms with van der Waals surface area (Å²) in [5.74, 6) is -4.51. The van der Waals surface area contributed by atoms with Crippen LogP contribution in [0.1, 0.15) is 24.2 Å². The largest absolute Gasteiger partial charge is 0.481 e. The second-order valence-electron chi connectivity index (χ2n) is 7.62. The first-order valence-electron chi connectivity index (χ1n) is 9.72. The smallest absolute Gasteiger partial charge is 0.308 e. The summed E-state index contributed by atoms with van der Waals surface area (Å²) in [6, 6.07) is 5.61. The van der Waals surface area contributed by atoms with Gasteiger partial charge in [-0.1, -0.05) is 24.3 Å². The predicted molar refractivity (Wildman–Crippen MR) is 109 cm³/mol. The van der Waals surface area contributed by atoms with Crippen LogP contribution in [0, 0.1) is 17.7 Å². The number of nitrogens with zero attached hydrogens (tertiary/aromatic N) is 2. The van der Waals surface area contributed by atoms with Crippen LogP contribution in [-0.4, -0.2) is 46.1 Å². The van der Waals surface area contributed by atoms with Crippen LogP contribution in [0.3, 0.4) is 0 Å². The standard InChI is InChI=1S/C21H21FN2O6S/c1-2-5-12-8-9-15-19-18(21(27)28)13(11-25)16(10-23(15)20(12)26)24(19)31(29,30)17-7-4-3-6-14(17)22/h2-9,13,16,18-19,25H,10-11H2,1H3,(H,27,28)/b5-2+/t13-,16-,18+,19+/m0/s1. The number of carboxylic acids is 1. The SMILES string of the molecule is C/C=C/c1ccc2n(c1=O)C[C@H]1[C@H](CO)[C@@H](C(=O)O)[C@@H]2N1S(=O)(=O)c1ccccc1F. The van der Waals surface area contributed by atoms with Crippen LogP contribution in [0.5, 0.6) is 0 Å². The van der Waals surface area contributed by atoms with Crippen molar-refractivity contribution < 1.29 is 27.8 Å². The molecule has 2 aliphatic heterocycles. The molecular formula is C21H21FN2O6S. The number of aromatic nitrogens is 1. The van der Waals surface area contributed by atoms with E-state index in [1.54, 1.807) is 19.1 Å². The van der Waals surface area contributed by atoms with Crippen LogP contribution in [0.25, 0.3) is 6.08 Å². The molecule has 0 radical (unpaired) electrons. The minimum Gasteiger partial charge on any atom is -0.481 e. The molecule has 164 valence electrons. The Kier molecular flexibility index (Phi) is 5.32. The van der Waals surface area contributed by atoms with Gasteiger partial charge in [0.1, 0.15) is 10.7 Å². The lowest BCUT2D eigenvalue weighted by atomic mass is 9.87. The molecule has 3 heterocycles. The van der Waals surface area contributed by atoms with Gasteiger partial charge in [0, 0.05) is 36.4 Å². The molecule has 0 amide bonds. The van der Waals surface area contributed by atoms with Crippen molar-refractivity contribution in [2.24, 2.45) is 11.8 Å². The molecule has 2 bridgehead atoms. The number of benzene rings is 1. The third kappa shape index (κ3) is 3.13. The normalized spacial score (nSPS) is 25.6. The zero-order valence-corrected chi connectivity index (χ0v) is 17.4. The molecule has 0 aliphatic carbocycles. The fourth-order valence-corrected chi connectivity index (χ4v) is 6.66. The Labute approximate surface area is 177 Å². The maximum absolute atomic E-state index is 14.4. The summed E-state index contributed by atoms with van der Waals surface area (Å²) in [6.07, 6.45) is 3.30. The number of pyridine rings is 1. The van der Waals surface area contributed by atoms with Crippen molar-refractivity contribution in [3.05, 3.63) is 69.9 Å². The molecule has 0 saturated carbocycles. The lowest BCUT2D eigenvalue weighted by Gasteiger charge is -2.37. The molecule has 1 aromatic carbocycles. The van der Waals surface area contributed by atoms with Crippen molar-refractivity contribution in [1.82, 2.24) is 8.87 Å². The second-order valence-corrected chi connectivity index (χ2v) is 9.43. The molecule has 1 saturated heterocycles. The summed E-state index contributed by atoms with van der Waals surface area (Å²) < 4.78 is 43.7. The summed E-state index contributed by atoms with van der Waals surface area (Å²) >= 11 is 0. The highest BCUT2D eigenvalue weighted by atomic mass is 32.2. The number of fused-ring (bicyclic) bond motifs is 4. The Morgan fingerprint density at radius 3 is 2.58 bits per heavy atom. The van der Waals surface area contributed by atoms with E-state index in [0.29, 0.717) is 5.56 Å². The van der Waals surface area contributed by atoms with Gasteiger partial charge in [-0.25, -0.2) is 12.8 Å². The van der Waals surface area contributed by atoms with Gasteiger partial charge < -0.3 is 14.8 Å². The Balaban J connectivity index is 1.97. The highest BCUT2D eigenvalue weighted by Gasteiger charge is 2.60. The maximum atomic E-state index is 14.4. The number of rotatable bonds is 5. The van der Waals surface area contributed by atoms with Crippen molar-refractivity contribution in [3.63, 3.8) is 0 Å². The molecule has 2 aromatic rings. The summed E-state index contributed by atoms with van der Waals surface area (Å²) in [7, 11) is -4.46. The lowest BCUT2D eigenvalue weighted by Crippen LogP contribution is -2.49. The number of halogens is 1. The Bertz CT molecular complexity index is 1240. The van der Waals surface area contributed by atoms with Crippen molar-refractivity contribution >= 4 is 22.1 Å². The van der Waals surface area contributed by atoms with E-state index in [9.17, 15) is 32.6 Å². The summed E-state index contributed by atoms with van der Waals surface area (Å²) in [4.78, 5) is 24.5. The van der Waals surface area contributed by atoms with Crippen LogP contribution in [0.2, 0.25) is 0 Å². The van der Waals surface area contributed by atoms with Crippen LogP contribution >= 0.6 is 0 Å². The Hall–Kier alpha value is -2.82. The number of aliphatic carboxylic acids is 1. The first-order valence-corrected chi connectivity index (χ1v) is 11.2. The highest BCUT2D eigenvalue weighted by Crippen LogP contribution is 2.50. The zero-order chi connectivity index (χ0) is 22.5. The molecule has 4 rings (SSSR count). The summed E-state index contributed by atoms with van der Waals surface area (Å²) in [6.45, 7) is 1.02. The monoisotopic (exact) mass is 448 g/mol. The van der Waals surface area contributed by atoms with Crippen molar-refractivity contribution in [1.29, 1.82) is 0 Å². The predicted octanol–water partition coefficient (Wildman–Crippen LogP) is 1.46. The van der Waals surface area contributed by atoms with E-state index in [1.165, 1.54) is 28.8 Å². The van der Waals surface area contributed by atoms with E-state index in [4.69, 9.17) is 0 Å². The number of aliphatic hydroxyl groups is 1. The van der Waals surface area contributed by atoms with Gasteiger partial charge in [-0.2, -0.15) is 4.31 Å². The van der Waals surface area contributed by atoms with Gasteiger partial charge in [0.2, 0.25) is 10.0 Å². The molecule has 1 aromatic heterocycles. The first kappa shape index (κ1) is 21.4. The molecule has 0 spiro atoms. The van der Waals surface area contributed by atoms with Gasteiger partial charge in [-0.3, -0.25) is 9.59 Å². The van der Waals surface area contributed by atoms with Crippen LogP contribution in [-0.2, 0) is 21.4 Å². The molecular weight excluding hydrogens is 427 g/mol. The highest BCUT2D eigenvalue weighted by molar-refractivity contribution is 7.89. The molecule has 0 unspecified atom stereocenters. The van der Waals surface area contributed by atoms with Crippen molar-refractivity contribution in [2.75, 3.05) is 6.61 Å². The van der Waals surface area contributed by atoms with Crippen LogP contribution in [0.4, 0.5) is 4.39 Å². The molecule has 10 heteroatoms. The molecule has 31 heavy (non-hydrogen) atoms. The number of hydrogen-bond donors (Lipinski definition) is 2. The van der Waals surface area contributed by atoms with E-state index >= 15 is 0 Å². The third-order valence-corrected chi connectivity index (χ3v) is 7.98. The van der Waals surface area contributed by atoms with E-state index in [1.807, 2.05) is 0 Å². The number of allylic oxidation sites excluding steroid dienone is 1. The van der Waals surface area contributed by atoms with E-state index in [0.717, 1.165) is 16.4 Å². The Morgan fingerprint density at radius 1 is 1.26 bits per heavy atom. The molecule has 1 fully saturated rings. The number of carbonyl (C=O) groups is 1. The second kappa shape index (κ2) is 7.70. The van der Waals surface area contributed by atoms with E-state index < -0.39 is 57.2 Å². The van der Waals surface area contributed by atoms with Gasteiger partial charge in [-0.15, -0.1) is 0 Å². The zero-order valence-electron chi connectivity index (χ0n) is 16.6. The fourth-order valence-electron chi connectivity index (χ4n) is 4.76. The van der Waals surface area contributed by atoms with Crippen LogP contribution in [0.15, 0.2) is 52.2 Å². The first-order chi connectivity index (χ1) is 14.7. The quantitative estimate of drug-likeness (QED) is 0.715. The molecule has 2 aliphatic rings. The topological polar surface area (TPSA) is 117 Å². The maximum Gasteiger partial charge on any atom is 0.308 e. The Morgan fingerprint density at radius 2 is 1.97 bits per heavy atom. The molecule has 2 N–H and O–H groups in total. The van der Waals surface area contributed by atoms with Crippen molar-refractivity contribution in [3.8, 4) is 0 Å². The minimum atomic E-state index is -4.46. The van der Waals surface area contributed by atoms with Gasteiger partial charge in [0.15, 0.2) is 0 Å². The van der Waals surface area contributed by atoms with Gasteiger partial charge in [0.05, 0.1) is 12.0 Å². The van der Waals surface area contributed by atoms with Gasteiger partial charge in [0.25, 0.3) is 5.56 Å². The van der Waals surface area contributed by atoms with Gasteiger partial charge >= 0.3 is 5.97 Å². The molecule has 8 nitrogen and oxygen atoms in total. The summed E-state index contributed by atoms with van der Waals surface area (Å²) in [5, 5.41) is 19.9. The molecule has 4 atom stereocenters. The number of aliphatic hydroxyl groups excluding tert-OH is 1. The van der Waals surface area contributed by atoms with Crippen LogP contribution < -0.4 is 5.56 Å². The third-order valence-electron chi connectivity index (χ3n) is 6.04. The summed E-state index contributed by atoms with van der Waals surface area (Å²) in [5.41, 5.74) is 0.206. The number of sulfonamides is 1. The van der Waals surface area contributed by atoms with Gasteiger partial charge in [-0.05, 0) is 31.2 Å². The number of hydrogen-bond acceptors (Lipinski definition) is 5. The van der Waals surface area contributed by atoms with Crippen molar-refractivity contribution in [2.45, 2.75) is 30.4 Å². The van der Waals surface area contributed by atoms with E-state index in [-0.39, 0.29) is 17.8 Å². The lowest BCUT2D eigenvalue weighted by molar-refractivity contribution is -0.144. The fraction of sp³-hybridized carbons (Fsp3) is 0.333.